The summed E-state index contributed by atoms with van der Waals surface area (Å²) >= 11 is 0. The maximum Gasteiger partial charge on any atom is 0.164 e. The van der Waals surface area contributed by atoms with Crippen molar-refractivity contribution < 1.29 is 9.47 Å². The Morgan fingerprint density at radius 3 is 2.85 bits per heavy atom. The highest BCUT2D eigenvalue weighted by Gasteiger charge is 2.25. The lowest BCUT2D eigenvalue weighted by molar-refractivity contribution is 0.0207. The summed E-state index contributed by atoms with van der Waals surface area (Å²) in [4.78, 5) is 9.41. The molecule has 1 fully saturated rings. The summed E-state index contributed by atoms with van der Waals surface area (Å²) in [5, 5.41) is 8.10. The van der Waals surface area contributed by atoms with Crippen LogP contribution in [-0.2, 0) is 11.2 Å². The average molecular weight is 365 g/mol. The van der Waals surface area contributed by atoms with Crippen LogP contribution in [-0.4, -0.2) is 46.6 Å². The Morgan fingerprint density at radius 2 is 2.07 bits per heavy atom. The smallest absolute Gasteiger partial charge is 0.164 e. The van der Waals surface area contributed by atoms with Gasteiger partial charge in [0.2, 0.25) is 0 Å². The van der Waals surface area contributed by atoms with E-state index in [-0.39, 0.29) is 6.10 Å². The largest absolute Gasteiger partial charge is 0.496 e. The van der Waals surface area contributed by atoms with E-state index < -0.39 is 0 Å². The van der Waals surface area contributed by atoms with E-state index >= 15 is 0 Å². The number of para-hydroxylation sites is 1. The highest BCUT2D eigenvalue weighted by Crippen LogP contribution is 2.23. The van der Waals surface area contributed by atoms with E-state index in [0.29, 0.717) is 25.4 Å². The van der Waals surface area contributed by atoms with E-state index in [9.17, 15) is 0 Å². The van der Waals surface area contributed by atoms with Crippen molar-refractivity contribution in [2.75, 3.05) is 26.8 Å². The van der Waals surface area contributed by atoms with E-state index in [1.807, 2.05) is 49.4 Å². The van der Waals surface area contributed by atoms with Crippen molar-refractivity contribution in [3.05, 3.63) is 65.4 Å². The van der Waals surface area contributed by atoms with E-state index in [2.05, 4.69) is 10.3 Å². The highest BCUT2D eigenvalue weighted by atomic mass is 16.5. The van der Waals surface area contributed by atoms with Gasteiger partial charge in [0.15, 0.2) is 17.5 Å². The Balaban J connectivity index is 1.73. The minimum Gasteiger partial charge on any atom is -0.496 e. The Kier molecular flexibility index (Phi) is 5.13. The Bertz CT molecular complexity index is 918. The first-order valence-electron chi connectivity index (χ1n) is 9.08. The van der Waals surface area contributed by atoms with Crippen LogP contribution < -0.4 is 10.1 Å². The highest BCUT2D eigenvalue weighted by molar-refractivity contribution is 5.35. The zero-order chi connectivity index (χ0) is 18.6. The molecule has 1 atom stereocenters. The molecule has 0 saturated carbocycles. The van der Waals surface area contributed by atoms with E-state index in [1.54, 1.807) is 11.8 Å². The molecule has 4 rings (SSSR count). The van der Waals surface area contributed by atoms with Crippen molar-refractivity contribution in [3.8, 4) is 11.6 Å². The van der Waals surface area contributed by atoms with Crippen molar-refractivity contribution in [1.82, 2.24) is 25.1 Å². The van der Waals surface area contributed by atoms with Gasteiger partial charge in [-0.3, -0.25) is 0 Å². The number of pyridine rings is 1. The molecule has 1 N–H and O–H groups in total. The van der Waals surface area contributed by atoms with Gasteiger partial charge >= 0.3 is 0 Å². The lowest BCUT2D eigenvalue weighted by Gasteiger charge is -2.23. The molecule has 1 aliphatic rings. The lowest BCUT2D eigenvalue weighted by Crippen LogP contribution is -2.34. The first-order chi connectivity index (χ1) is 13.2. The second-order valence-electron chi connectivity index (χ2n) is 6.49. The second kappa shape index (κ2) is 7.85. The Labute approximate surface area is 158 Å². The monoisotopic (exact) mass is 365 g/mol. The molecule has 1 aliphatic heterocycles. The number of morpholine rings is 1. The van der Waals surface area contributed by atoms with Gasteiger partial charge in [0, 0.05) is 30.8 Å². The van der Waals surface area contributed by atoms with Gasteiger partial charge in [-0.05, 0) is 25.1 Å². The molecule has 7 nitrogen and oxygen atoms in total. The number of nitrogens with zero attached hydrogens (tertiary/aromatic N) is 4. The maximum atomic E-state index is 5.93. The molecule has 0 aliphatic carbocycles. The third-order valence-electron chi connectivity index (χ3n) is 4.52. The molecule has 0 radical (unpaired) electrons. The fraction of sp³-hybridized carbons (Fsp3) is 0.350. The van der Waals surface area contributed by atoms with Crippen molar-refractivity contribution >= 4 is 0 Å². The molecule has 7 heteroatoms. The molecule has 1 aromatic carbocycles. The molecule has 0 amide bonds. The number of benzene rings is 1. The van der Waals surface area contributed by atoms with Crippen LogP contribution in [0.15, 0.2) is 42.5 Å². The molecule has 1 saturated heterocycles. The van der Waals surface area contributed by atoms with Crippen LogP contribution in [0.1, 0.15) is 29.0 Å². The molecular formula is C20H23N5O2. The summed E-state index contributed by atoms with van der Waals surface area (Å²) in [6, 6.07) is 13.8. The molecular weight excluding hydrogens is 342 g/mol. The van der Waals surface area contributed by atoms with E-state index in [1.165, 1.54) is 0 Å². The van der Waals surface area contributed by atoms with Gasteiger partial charge in [-0.25, -0.2) is 9.97 Å². The first kappa shape index (κ1) is 17.6. The lowest BCUT2D eigenvalue weighted by atomic mass is 10.1. The zero-order valence-electron chi connectivity index (χ0n) is 15.6. The van der Waals surface area contributed by atoms with Crippen LogP contribution in [0.3, 0.4) is 0 Å². The van der Waals surface area contributed by atoms with Crippen molar-refractivity contribution in [3.63, 3.8) is 0 Å². The number of rotatable bonds is 5. The Morgan fingerprint density at radius 1 is 1.19 bits per heavy atom. The number of hydrogen-bond acceptors (Lipinski definition) is 6. The molecule has 3 heterocycles. The fourth-order valence-corrected chi connectivity index (χ4v) is 3.22. The van der Waals surface area contributed by atoms with Gasteiger partial charge in [-0.15, -0.1) is 5.10 Å². The van der Waals surface area contributed by atoms with Crippen LogP contribution in [0.2, 0.25) is 0 Å². The van der Waals surface area contributed by atoms with Crippen LogP contribution in [0.4, 0.5) is 0 Å². The quantitative estimate of drug-likeness (QED) is 0.747. The number of ether oxygens (including phenoxy) is 2. The molecule has 3 aromatic rings. The normalized spacial score (nSPS) is 17.0. The molecule has 0 spiro atoms. The van der Waals surface area contributed by atoms with Gasteiger partial charge in [-0.1, -0.05) is 24.3 Å². The number of aromatic nitrogens is 4. The summed E-state index contributed by atoms with van der Waals surface area (Å²) < 4.78 is 13.2. The Hall–Kier alpha value is -2.77. The molecule has 140 valence electrons. The summed E-state index contributed by atoms with van der Waals surface area (Å²) in [5.74, 6) is 3.06. The predicted octanol–water partition coefficient (Wildman–Crippen LogP) is 2.23. The average Bonchev–Trinajstić information content (AvgIpc) is 3.13. The molecule has 2 aromatic heterocycles. The minimum atomic E-state index is -0.153. The summed E-state index contributed by atoms with van der Waals surface area (Å²) in [6.45, 7) is 4.18. The van der Waals surface area contributed by atoms with Crippen molar-refractivity contribution in [2.24, 2.45) is 0 Å². The molecule has 0 unspecified atom stereocenters. The second-order valence-corrected chi connectivity index (χ2v) is 6.49. The maximum absolute atomic E-state index is 5.93. The zero-order valence-corrected chi connectivity index (χ0v) is 15.6. The summed E-state index contributed by atoms with van der Waals surface area (Å²) in [5.41, 5.74) is 1.98. The third-order valence-corrected chi connectivity index (χ3v) is 4.52. The van der Waals surface area contributed by atoms with E-state index in [4.69, 9.17) is 19.6 Å². The van der Waals surface area contributed by atoms with Gasteiger partial charge in [0.25, 0.3) is 0 Å². The van der Waals surface area contributed by atoms with Crippen LogP contribution in [0.25, 0.3) is 5.82 Å². The van der Waals surface area contributed by atoms with E-state index in [0.717, 1.165) is 35.2 Å². The van der Waals surface area contributed by atoms with Gasteiger partial charge in [0.1, 0.15) is 11.9 Å². The summed E-state index contributed by atoms with van der Waals surface area (Å²) in [6.07, 6.45) is 0.427. The van der Waals surface area contributed by atoms with Gasteiger partial charge in [-0.2, -0.15) is 4.68 Å². The molecule has 0 bridgehead atoms. The van der Waals surface area contributed by atoms with Gasteiger partial charge < -0.3 is 14.8 Å². The standard InChI is InChI=1S/C20H23N5O2/c1-14-6-5-9-19(22-14)25-20(17-13-21-10-11-27-17)23-18(24-25)12-15-7-3-4-8-16(15)26-2/h3-9,17,21H,10-13H2,1-2H3/t17-/m0/s1. The SMILES string of the molecule is COc1ccccc1Cc1nc([C@@H]2CNCCO2)n(-c2cccc(C)n2)n1. The van der Waals surface area contributed by atoms with Crippen molar-refractivity contribution in [1.29, 1.82) is 0 Å². The van der Waals surface area contributed by atoms with Crippen LogP contribution >= 0.6 is 0 Å². The summed E-state index contributed by atoms with van der Waals surface area (Å²) in [7, 11) is 1.68. The van der Waals surface area contributed by atoms with Crippen LogP contribution in [0, 0.1) is 6.92 Å². The van der Waals surface area contributed by atoms with Crippen molar-refractivity contribution in [2.45, 2.75) is 19.4 Å². The number of methoxy groups -OCH3 is 1. The topological polar surface area (TPSA) is 74.1 Å². The number of nitrogens with one attached hydrogen (secondary N) is 1. The first-order valence-corrected chi connectivity index (χ1v) is 9.08. The fourth-order valence-electron chi connectivity index (χ4n) is 3.22. The third kappa shape index (κ3) is 3.84. The molecule has 27 heavy (non-hydrogen) atoms. The number of aryl methyl sites for hydroxylation is 1. The van der Waals surface area contributed by atoms with Crippen LogP contribution in [0.5, 0.6) is 5.75 Å². The minimum absolute atomic E-state index is 0.153. The number of hydrogen-bond donors (Lipinski definition) is 1. The predicted molar refractivity (Wildman–Crippen MR) is 101 cm³/mol. The van der Waals surface area contributed by atoms with Gasteiger partial charge in [0.05, 0.1) is 13.7 Å².